The molecule has 0 aromatic heterocycles. The molecule has 300 valence electrons. The Bertz CT molecular complexity index is 3440. The molecule has 0 saturated heterocycles. The Hall–Kier alpha value is -8.26. The molecule has 0 unspecified atom stereocenters. The van der Waals surface area contributed by atoms with Crippen molar-refractivity contribution in [1.82, 2.24) is 0 Å². The van der Waals surface area contributed by atoms with Gasteiger partial charge in [0.1, 0.15) is 0 Å². The van der Waals surface area contributed by atoms with Gasteiger partial charge in [-0.2, -0.15) is 0 Å². The van der Waals surface area contributed by atoms with E-state index in [2.05, 4.69) is 266 Å². The molecule has 64 heavy (non-hydrogen) atoms. The van der Waals surface area contributed by atoms with E-state index >= 15 is 0 Å². The van der Waals surface area contributed by atoms with Crippen LogP contribution in [0, 0.1) is 0 Å². The molecule has 0 spiro atoms. The molecule has 0 bridgehead atoms. The van der Waals surface area contributed by atoms with E-state index in [-0.39, 0.29) is 0 Å². The van der Waals surface area contributed by atoms with Crippen molar-refractivity contribution >= 4 is 38.6 Å². The molecular formula is C63H43N. The van der Waals surface area contributed by atoms with Gasteiger partial charge in [-0.05, 0) is 119 Å². The van der Waals surface area contributed by atoms with E-state index < -0.39 is 5.41 Å². The lowest BCUT2D eigenvalue weighted by atomic mass is 9.68. The summed E-state index contributed by atoms with van der Waals surface area (Å²) in [6, 6.07) is 95.9. The molecule has 0 amide bonds. The van der Waals surface area contributed by atoms with Crippen LogP contribution in [0.4, 0.5) is 17.1 Å². The van der Waals surface area contributed by atoms with E-state index in [9.17, 15) is 0 Å². The fourth-order valence-corrected chi connectivity index (χ4v) is 10.5. The van der Waals surface area contributed by atoms with Crippen molar-refractivity contribution in [1.29, 1.82) is 0 Å². The molecule has 1 nitrogen and oxygen atoms in total. The maximum Gasteiger partial charge on any atom is 0.0714 e. The van der Waals surface area contributed by atoms with Crippen LogP contribution >= 0.6 is 0 Å². The Morgan fingerprint density at radius 1 is 0.281 bits per heavy atom. The summed E-state index contributed by atoms with van der Waals surface area (Å²) in [6.07, 6.45) is 0. The highest BCUT2D eigenvalue weighted by molar-refractivity contribution is 6.00. The largest absolute Gasteiger partial charge is 0.310 e. The molecule has 0 heterocycles. The first kappa shape index (κ1) is 37.5. The van der Waals surface area contributed by atoms with E-state index in [1.165, 1.54) is 82.7 Å². The highest BCUT2D eigenvalue weighted by Crippen LogP contribution is 2.59. The van der Waals surface area contributed by atoms with Crippen LogP contribution in [-0.2, 0) is 5.41 Å². The zero-order valence-electron chi connectivity index (χ0n) is 35.3. The minimum Gasteiger partial charge on any atom is -0.310 e. The molecule has 1 aliphatic rings. The highest BCUT2D eigenvalue weighted by Gasteiger charge is 2.47. The van der Waals surface area contributed by atoms with E-state index in [4.69, 9.17) is 0 Å². The first-order chi connectivity index (χ1) is 31.8. The minimum absolute atomic E-state index is 0.516. The summed E-state index contributed by atoms with van der Waals surface area (Å²) in [5.41, 5.74) is 17.6. The SMILES string of the molecule is c1ccc(C2(c3ccccc3)c3ccccc3-c3c(N(c4ccc(-c5cccc6ccccc56)cc4)c4cccc(-c5cccc(-c6cccc7ccccc67)c5)c4)cccc32)cc1. The van der Waals surface area contributed by atoms with Crippen LogP contribution in [0.1, 0.15) is 22.3 Å². The quantitative estimate of drug-likeness (QED) is 0.148. The fraction of sp³-hybridized carbons (Fsp3) is 0.0159. The summed E-state index contributed by atoms with van der Waals surface area (Å²) in [5.74, 6) is 0. The van der Waals surface area contributed by atoms with Gasteiger partial charge in [0.15, 0.2) is 0 Å². The number of rotatable bonds is 8. The molecule has 0 fully saturated rings. The predicted molar refractivity (Wildman–Crippen MR) is 270 cm³/mol. The van der Waals surface area contributed by atoms with Gasteiger partial charge < -0.3 is 4.90 Å². The van der Waals surface area contributed by atoms with Gasteiger partial charge in [-0.1, -0.05) is 224 Å². The monoisotopic (exact) mass is 813 g/mol. The molecule has 11 aromatic rings. The number of hydrogen-bond donors (Lipinski definition) is 0. The zero-order valence-corrected chi connectivity index (χ0v) is 35.3. The number of nitrogens with zero attached hydrogens (tertiary/aromatic N) is 1. The lowest BCUT2D eigenvalue weighted by Gasteiger charge is -2.34. The van der Waals surface area contributed by atoms with Crippen LogP contribution in [0.15, 0.2) is 261 Å². The molecule has 1 heteroatoms. The van der Waals surface area contributed by atoms with Crippen LogP contribution in [0.5, 0.6) is 0 Å². The molecule has 1 aliphatic carbocycles. The Morgan fingerprint density at radius 3 is 1.45 bits per heavy atom. The number of hydrogen-bond acceptors (Lipinski definition) is 1. The molecule has 11 aromatic carbocycles. The van der Waals surface area contributed by atoms with Crippen molar-refractivity contribution in [3.05, 3.63) is 283 Å². The van der Waals surface area contributed by atoms with E-state index in [0.29, 0.717) is 0 Å². The smallest absolute Gasteiger partial charge is 0.0714 e. The lowest BCUT2D eigenvalue weighted by molar-refractivity contribution is 0.768. The Kier molecular flexibility index (Phi) is 9.13. The highest BCUT2D eigenvalue weighted by atomic mass is 15.1. The number of benzene rings is 11. The predicted octanol–water partition coefficient (Wildman–Crippen LogP) is 16.8. The van der Waals surface area contributed by atoms with Crippen molar-refractivity contribution < 1.29 is 0 Å². The second-order valence-electron chi connectivity index (χ2n) is 16.8. The van der Waals surface area contributed by atoms with E-state index in [0.717, 1.165) is 22.6 Å². The summed E-state index contributed by atoms with van der Waals surface area (Å²) in [4.78, 5) is 2.48. The van der Waals surface area contributed by atoms with Gasteiger partial charge in [0.25, 0.3) is 0 Å². The van der Waals surface area contributed by atoms with Crippen LogP contribution in [0.25, 0.3) is 66.1 Å². The summed E-state index contributed by atoms with van der Waals surface area (Å²) in [6.45, 7) is 0. The van der Waals surface area contributed by atoms with Crippen molar-refractivity contribution in [2.24, 2.45) is 0 Å². The number of anilines is 3. The first-order valence-electron chi connectivity index (χ1n) is 22.2. The van der Waals surface area contributed by atoms with Crippen LogP contribution in [-0.4, -0.2) is 0 Å². The van der Waals surface area contributed by atoms with Gasteiger partial charge in [0.05, 0.1) is 11.1 Å². The van der Waals surface area contributed by atoms with E-state index in [1.54, 1.807) is 0 Å². The van der Waals surface area contributed by atoms with Crippen LogP contribution in [0.3, 0.4) is 0 Å². The van der Waals surface area contributed by atoms with Gasteiger partial charge in [-0.3, -0.25) is 0 Å². The van der Waals surface area contributed by atoms with Crippen molar-refractivity contribution in [3.8, 4) is 44.5 Å². The average Bonchev–Trinajstić information content (AvgIpc) is 3.69. The third kappa shape index (κ3) is 6.08. The third-order valence-electron chi connectivity index (χ3n) is 13.3. The minimum atomic E-state index is -0.516. The standard InChI is InChI=1S/C63H43N/c1-3-25-50(26-4-1)63(51-27-5-2-6-28-51)59-35-12-11-32-58(59)62-60(63)36-17-37-61(62)64(52-40-38-46(39-41-52)56-33-15-20-44-18-7-9-30-54(44)56)53-29-14-23-48(43-53)47-22-13-24-49(42-47)57-34-16-21-45-19-8-10-31-55(45)57/h1-43H. The van der Waals surface area contributed by atoms with Crippen LogP contribution < -0.4 is 4.90 Å². The van der Waals surface area contributed by atoms with E-state index in [1.807, 2.05) is 0 Å². The topological polar surface area (TPSA) is 3.24 Å². The first-order valence-corrected chi connectivity index (χ1v) is 22.2. The molecule has 12 rings (SSSR count). The summed E-state index contributed by atoms with van der Waals surface area (Å²) < 4.78 is 0. The molecule has 0 aliphatic heterocycles. The average molecular weight is 814 g/mol. The van der Waals surface area contributed by atoms with Gasteiger partial charge in [-0.25, -0.2) is 0 Å². The van der Waals surface area contributed by atoms with Crippen molar-refractivity contribution in [3.63, 3.8) is 0 Å². The summed E-state index contributed by atoms with van der Waals surface area (Å²) >= 11 is 0. The van der Waals surface area contributed by atoms with Gasteiger partial charge in [-0.15, -0.1) is 0 Å². The maximum absolute atomic E-state index is 2.48. The summed E-state index contributed by atoms with van der Waals surface area (Å²) in [7, 11) is 0. The molecule has 0 radical (unpaired) electrons. The van der Waals surface area contributed by atoms with Crippen molar-refractivity contribution in [2.75, 3.05) is 4.90 Å². The van der Waals surface area contributed by atoms with Crippen LogP contribution in [0.2, 0.25) is 0 Å². The van der Waals surface area contributed by atoms with Crippen molar-refractivity contribution in [2.45, 2.75) is 5.41 Å². The fourth-order valence-electron chi connectivity index (χ4n) is 10.5. The Morgan fingerprint density at radius 2 is 0.766 bits per heavy atom. The summed E-state index contributed by atoms with van der Waals surface area (Å²) in [5, 5.41) is 5.00. The second kappa shape index (κ2) is 15.6. The third-order valence-corrected chi connectivity index (χ3v) is 13.3. The maximum atomic E-state index is 2.48. The Labute approximate surface area is 374 Å². The zero-order chi connectivity index (χ0) is 42.5. The molecule has 0 saturated carbocycles. The normalized spacial score (nSPS) is 12.5. The molecule has 0 N–H and O–H groups in total. The van der Waals surface area contributed by atoms with Gasteiger partial charge >= 0.3 is 0 Å². The van der Waals surface area contributed by atoms with Gasteiger partial charge in [0, 0.05) is 16.9 Å². The molecule has 0 atom stereocenters. The number of fused-ring (bicyclic) bond motifs is 5. The molecular weight excluding hydrogens is 771 g/mol. The van der Waals surface area contributed by atoms with Gasteiger partial charge in [0.2, 0.25) is 0 Å². The Balaban J connectivity index is 1.07. The second-order valence-corrected chi connectivity index (χ2v) is 16.8. The lowest BCUT2D eigenvalue weighted by Crippen LogP contribution is -2.28.